The van der Waals surface area contributed by atoms with Gasteiger partial charge in [0, 0.05) is 30.5 Å². The Morgan fingerprint density at radius 1 is 1.24 bits per heavy atom. The fourth-order valence-electron chi connectivity index (χ4n) is 3.73. The summed E-state index contributed by atoms with van der Waals surface area (Å²) in [5.41, 5.74) is 10.2. The number of hydrogen-bond donors (Lipinski definition) is 2. The third-order valence-electron chi connectivity index (χ3n) is 4.78. The highest BCUT2D eigenvalue weighted by atomic mass is 16.5. The van der Waals surface area contributed by atoms with E-state index >= 15 is 0 Å². The van der Waals surface area contributed by atoms with Crippen molar-refractivity contribution >= 4 is 11.4 Å². The standard InChI is InChI=1S/C20H20N2O3/c21-20(24)19-17-14(8-5-11-25-19)15(12-13-6-2-1-3-7-13)22-10-4-9-16(23)18(17)22/h1-4,6-7,9-10,19,23H,5,8,11-12H2,(H2,21,24). The molecular formula is C20H20N2O3. The molecule has 2 aromatic heterocycles. The number of aromatic nitrogens is 1. The van der Waals surface area contributed by atoms with Gasteiger partial charge >= 0.3 is 0 Å². The first-order valence-electron chi connectivity index (χ1n) is 8.45. The van der Waals surface area contributed by atoms with E-state index in [-0.39, 0.29) is 5.75 Å². The quantitative estimate of drug-likeness (QED) is 0.772. The molecule has 1 aliphatic heterocycles. The first kappa shape index (κ1) is 15.7. The summed E-state index contributed by atoms with van der Waals surface area (Å²) >= 11 is 0. The van der Waals surface area contributed by atoms with Crippen molar-refractivity contribution in [2.45, 2.75) is 25.4 Å². The van der Waals surface area contributed by atoms with Crippen molar-refractivity contribution in [1.29, 1.82) is 0 Å². The zero-order valence-electron chi connectivity index (χ0n) is 13.8. The van der Waals surface area contributed by atoms with Crippen LogP contribution in [0.3, 0.4) is 0 Å². The summed E-state index contributed by atoms with van der Waals surface area (Å²) < 4.78 is 7.69. The van der Waals surface area contributed by atoms with Crippen molar-refractivity contribution in [3.8, 4) is 5.75 Å². The van der Waals surface area contributed by atoms with E-state index in [1.807, 2.05) is 28.8 Å². The summed E-state index contributed by atoms with van der Waals surface area (Å²) in [7, 11) is 0. The number of amides is 1. The largest absolute Gasteiger partial charge is 0.506 e. The Bertz CT molecular complexity index is 931. The van der Waals surface area contributed by atoms with Gasteiger partial charge in [0.05, 0.1) is 5.52 Å². The lowest BCUT2D eigenvalue weighted by Crippen LogP contribution is -2.23. The molecule has 3 N–H and O–H groups in total. The predicted octanol–water partition coefficient (Wildman–Crippen LogP) is 2.72. The lowest BCUT2D eigenvalue weighted by atomic mass is 9.97. The summed E-state index contributed by atoms with van der Waals surface area (Å²) in [5, 5.41) is 10.5. The number of aromatic hydroxyl groups is 1. The smallest absolute Gasteiger partial charge is 0.251 e. The third kappa shape index (κ3) is 2.66. The van der Waals surface area contributed by atoms with Crippen LogP contribution in [-0.2, 0) is 22.4 Å². The monoisotopic (exact) mass is 336 g/mol. The summed E-state index contributed by atoms with van der Waals surface area (Å²) in [6, 6.07) is 13.6. The number of hydrogen-bond acceptors (Lipinski definition) is 3. The molecule has 3 aromatic rings. The van der Waals surface area contributed by atoms with E-state index in [0.29, 0.717) is 24.1 Å². The van der Waals surface area contributed by atoms with Crippen LogP contribution in [0.25, 0.3) is 5.52 Å². The van der Waals surface area contributed by atoms with E-state index in [1.54, 1.807) is 12.1 Å². The lowest BCUT2D eigenvalue weighted by molar-refractivity contribution is -0.129. The lowest BCUT2D eigenvalue weighted by Gasteiger charge is -2.13. The number of nitrogens with two attached hydrogens (primary N) is 1. The van der Waals surface area contributed by atoms with Crippen LogP contribution in [0.4, 0.5) is 0 Å². The third-order valence-corrected chi connectivity index (χ3v) is 4.78. The molecule has 1 amide bonds. The Hall–Kier alpha value is -2.79. The first-order chi connectivity index (χ1) is 12.2. The number of carbonyl (C=O) groups is 1. The van der Waals surface area contributed by atoms with Gasteiger partial charge in [0.2, 0.25) is 0 Å². The highest BCUT2D eigenvalue weighted by Crippen LogP contribution is 2.39. The summed E-state index contributed by atoms with van der Waals surface area (Å²) in [6.07, 6.45) is 3.41. The molecule has 1 atom stereocenters. The van der Waals surface area contributed by atoms with E-state index in [4.69, 9.17) is 10.5 Å². The van der Waals surface area contributed by atoms with Crippen LogP contribution in [-0.4, -0.2) is 22.0 Å². The van der Waals surface area contributed by atoms with Crippen molar-refractivity contribution < 1.29 is 14.6 Å². The van der Waals surface area contributed by atoms with Gasteiger partial charge in [0.1, 0.15) is 5.75 Å². The zero-order valence-corrected chi connectivity index (χ0v) is 13.8. The highest BCUT2D eigenvalue weighted by molar-refractivity contribution is 5.86. The Morgan fingerprint density at radius 3 is 2.80 bits per heavy atom. The van der Waals surface area contributed by atoms with E-state index < -0.39 is 12.0 Å². The van der Waals surface area contributed by atoms with Crippen molar-refractivity contribution in [3.05, 3.63) is 71.0 Å². The van der Waals surface area contributed by atoms with Gasteiger partial charge in [0.15, 0.2) is 6.10 Å². The molecule has 5 nitrogen and oxygen atoms in total. The maximum Gasteiger partial charge on any atom is 0.251 e. The van der Waals surface area contributed by atoms with Gasteiger partial charge in [-0.3, -0.25) is 4.79 Å². The topological polar surface area (TPSA) is 77.0 Å². The molecule has 0 bridgehead atoms. The van der Waals surface area contributed by atoms with Crippen molar-refractivity contribution in [2.24, 2.45) is 5.73 Å². The molecule has 1 unspecified atom stereocenters. The fraction of sp³-hybridized carbons (Fsp3) is 0.250. The minimum atomic E-state index is -0.828. The van der Waals surface area contributed by atoms with Crippen LogP contribution in [0.2, 0.25) is 0 Å². The van der Waals surface area contributed by atoms with Gasteiger partial charge in [-0.1, -0.05) is 30.3 Å². The van der Waals surface area contributed by atoms with Gasteiger partial charge < -0.3 is 20.0 Å². The molecule has 25 heavy (non-hydrogen) atoms. The van der Waals surface area contributed by atoms with Crippen LogP contribution in [0.1, 0.15) is 34.9 Å². The van der Waals surface area contributed by atoms with Crippen LogP contribution < -0.4 is 5.73 Å². The second-order valence-corrected chi connectivity index (χ2v) is 6.37. The van der Waals surface area contributed by atoms with E-state index in [1.165, 1.54) is 5.56 Å². The Kier molecular flexibility index (Phi) is 3.93. The molecular weight excluding hydrogens is 316 g/mol. The molecule has 3 heterocycles. The molecule has 0 aliphatic carbocycles. The molecule has 0 saturated heterocycles. The average Bonchev–Trinajstić information content (AvgIpc) is 2.78. The number of primary amides is 1. The number of pyridine rings is 1. The van der Waals surface area contributed by atoms with Crippen molar-refractivity contribution in [1.82, 2.24) is 4.40 Å². The van der Waals surface area contributed by atoms with Crippen LogP contribution in [0.15, 0.2) is 48.7 Å². The van der Waals surface area contributed by atoms with Gasteiger partial charge in [-0.05, 0) is 36.1 Å². The molecule has 128 valence electrons. The van der Waals surface area contributed by atoms with Crippen molar-refractivity contribution in [3.63, 3.8) is 0 Å². The van der Waals surface area contributed by atoms with Crippen LogP contribution >= 0.6 is 0 Å². The summed E-state index contributed by atoms with van der Waals surface area (Å²) in [4.78, 5) is 12.0. The normalized spacial score (nSPS) is 17.2. The van der Waals surface area contributed by atoms with E-state index in [2.05, 4.69) is 12.1 Å². The Balaban J connectivity index is 1.98. The van der Waals surface area contributed by atoms with Crippen LogP contribution in [0, 0.1) is 0 Å². The molecule has 0 saturated carbocycles. The molecule has 1 aromatic carbocycles. The molecule has 0 spiro atoms. The molecule has 1 aliphatic rings. The number of carbonyl (C=O) groups excluding carboxylic acids is 1. The number of ether oxygens (including phenoxy) is 1. The maximum atomic E-state index is 12.0. The number of fused-ring (bicyclic) bond motifs is 3. The summed E-state index contributed by atoms with van der Waals surface area (Å²) in [5.74, 6) is -0.389. The van der Waals surface area contributed by atoms with E-state index in [9.17, 15) is 9.90 Å². The molecule has 4 rings (SSSR count). The Morgan fingerprint density at radius 2 is 2.04 bits per heavy atom. The fourth-order valence-corrected chi connectivity index (χ4v) is 3.73. The van der Waals surface area contributed by atoms with Gasteiger partial charge in [0.25, 0.3) is 5.91 Å². The average molecular weight is 336 g/mol. The highest BCUT2D eigenvalue weighted by Gasteiger charge is 2.31. The maximum absolute atomic E-state index is 12.0. The molecule has 0 radical (unpaired) electrons. The second kappa shape index (κ2) is 6.26. The second-order valence-electron chi connectivity index (χ2n) is 6.37. The Labute approximate surface area is 145 Å². The van der Waals surface area contributed by atoms with Gasteiger partial charge in [-0.15, -0.1) is 0 Å². The number of rotatable bonds is 3. The zero-order chi connectivity index (χ0) is 17.4. The summed E-state index contributed by atoms with van der Waals surface area (Å²) in [6.45, 7) is 0.479. The number of benzene rings is 1. The van der Waals surface area contributed by atoms with E-state index in [0.717, 1.165) is 24.1 Å². The van der Waals surface area contributed by atoms with Crippen LogP contribution in [0.5, 0.6) is 5.75 Å². The van der Waals surface area contributed by atoms with Crippen molar-refractivity contribution in [2.75, 3.05) is 6.61 Å². The molecule has 5 heteroatoms. The van der Waals surface area contributed by atoms with Gasteiger partial charge in [-0.25, -0.2) is 0 Å². The number of nitrogens with zero attached hydrogens (tertiary/aromatic N) is 1. The SMILES string of the molecule is NC(=O)C1OCCCc2c1c1c(O)cccn1c2Cc1ccccc1. The minimum absolute atomic E-state index is 0.134. The predicted molar refractivity (Wildman–Crippen MR) is 94.5 cm³/mol. The minimum Gasteiger partial charge on any atom is -0.506 e. The first-order valence-corrected chi connectivity index (χ1v) is 8.45. The van der Waals surface area contributed by atoms with Gasteiger partial charge in [-0.2, -0.15) is 0 Å². The molecule has 0 fully saturated rings.